The monoisotopic (exact) mass is 387 g/mol. The molecule has 1 saturated carbocycles. The van der Waals surface area contributed by atoms with Crippen molar-refractivity contribution in [1.82, 2.24) is 5.32 Å². The second-order valence-corrected chi connectivity index (χ2v) is 9.55. The van der Waals surface area contributed by atoms with Crippen LogP contribution in [0.1, 0.15) is 49.3 Å². The molecule has 142 valence electrons. The first kappa shape index (κ1) is 18.2. The molecule has 1 heterocycles. The van der Waals surface area contributed by atoms with Crippen molar-refractivity contribution in [2.24, 2.45) is 0 Å². The first-order valence-corrected chi connectivity index (χ1v) is 11.0. The van der Waals surface area contributed by atoms with Gasteiger partial charge in [0.15, 0.2) is 9.84 Å². The van der Waals surface area contributed by atoms with Crippen LogP contribution in [-0.4, -0.2) is 20.1 Å². The molecule has 0 bridgehead atoms. The van der Waals surface area contributed by atoms with Crippen molar-refractivity contribution in [3.8, 4) is 0 Å². The number of carbonyl (C=O) groups excluding carboxylic acids is 1. The second kappa shape index (κ2) is 6.75. The minimum absolute atomic E-state index is 0.0263. The molecule has 0 radical (unpaired) electrons. The summed E-state index contributed by atoms with van der Waals surface area (Å²) in [5.41, 5.74) is 0.818. The maximum Gasteiger partial charge on any atom is 0.231 e. The van der Waals surface area contributed by atoms with E-state index in [1.165, 1.54) is 12.1 Å². The van der Waals surface area contributed by atoms with Gasteiger partial charge in [-0.15, -0.1) is 0 Å². The number of benzene rings is 2. The van der Waals surface area contributed by atoms with Crippen molar-refractivity contribution >= 4 is 15.7 Å². The van der Waals surface area contributed by atoms with E-state index in [4.69, 9.17) is 0 Å². The van der Waals surface area contributed by atoms with Crippen molar-refractivity contribution in [2.45, 2.75) is 48.5 Å². The Morgan fingerprint density at radius 3 is 2.41 bits per heavy atom. The zero-order chi connectivity index (χ0) is 19.1. The molecular formula is C21H22FNO3S. The minimum atomic E-state index is -3.29. The van der Waals surface area contributed by atoms with Gasteiger partial charge in [0.2, 0.25) is 5.91 Å². The first-order valence-electron chi connectivity index (χ1n) is 9.31. The van der Waals surface area contributed by atoms with Crippen molar-refractivity contribution in [2.75, 3.05) is 5.75 Å². The Labute approximate surface area is 158 Å². The van der Waals surface area contributed by atoms with Crippen LogP contribution in [0.5, 0.6) is 0 Å². The highest BCUT2D eigenvalue weighted by Crippen LogP contribution is 2.42. The maximum atomic E-state index is 13.4. The minimum Gasteiger partial charge on any atom is -0.348 e. The van der Waals surface area contributed by atoms with Gasteiger partial charge in [-0.25, -0.2) is 12.8 Å². The third-order valence-electron chi connectivity index (χ3n) is 5.90. The van der Waals surface area contributed by atoms with E-state index in [0.717, 1.165) is 31.2 Å². The number of nitrogens with one attached hydrogen (secondary N) is 1. The second-order valence-electron chi connectivity index (χ2n) is 7.47. The molecule has 1 N–H and O–H groups in total. The molecule has 0 spiro atoms. The summed E-state index contributed by atoms with van der Waals surface area (Å²) in [6.07, 6.45) is 3.69. The van der Waals surface area contributed by atoms with Crippen molar-refractivity contribution in [3.05, 3.63) is 65.5 Å². The Hall–Kier alpha value is -2.21. The summed E-state index contributed by atoms with van der Waals surface area (Å²) in [5, 5.41) is 3.11. The van der Waals surface area contributed by atoms with Gasteiger partial charge in [-0.1, -0.05) is 43.2 Å². The van der Waals surface area contributed by atoms with Crippen LogP contribution in [0.25, 0.3) is 0 Å². The molecule has 1 atom stereocenters. The first-order chi connectivity index (χ1) is 12.9. The number of fused-ring (bicyclic) bond motifs is 1. The lowest BCUT2D eigenvalue weighted by molar-refractivity contribution is -0.127. The van der Waals surface area contributed by atoms with Gasteiger partial charge in [0.05, 0.1) is 22.1 Å². The normalized spacial score (nSPS) is 22.8. The van der Waals surface area contributed by atoms with E-state index in [1.807, 2.05) is 0 Å². The molecule has 2 aromatic carbocycles. The highest BCUT2D eigenvalue weighted by Gasteiger charge is 2.44. The van der Waals surface area contributed by atoms with E-state index in [0.29, 0.717) is 16.9 Å². The fourth-order valence-corrected chi connectivity index (χ4v) is 6.05. The maximum absolute atomic E-state index is 13.4. The predicted molar refractivity (Wildman–Crippen MR) is 101 cm³/mol. The number of hydrogen-bond donors (Lipinski definition) is 1. The summed E-state index contributed by atoms with van der Waals surface area (Å²) in [6.45, 7) is 0. The van der Waals surface area contributed by atoms with Crippen molar-refractivity contribution in [3.63, 3.8) is 0 Å². The zero-order valence-corrected chi connectivity index (χ0v) is 15.8. The summed E-state index contributed by atoms with van der Waals surface area (Å²) < 4.78 is 38.0. The molecule has 0 aromatic heterocycles. The van der Waals surface area contributed by atoms with Crippen molar-refractivity contribution < 1.29 is 17.6 Å². The summed E-state index contributed by atoms with van der Waals surface area (Å²) >= 11 is 0. The van der Waals surface area contributed by atoms with Gasteiger partial charge < -0.3 is 5.32 Å². The largest absolute Gasteiger partial charge is 0.348 e. The lowest BCUT2D eigenvalue weighted by Crippen LogP contribution is -2.45. The predicted octanol–water partition coefficient (Wildman–Crippen LogP) is 3.67. The molecule has 1 amide bonds. The van der Waals surface area contributed by atoms with Crippen molar-refractivity contribution in [1.29, 1.82) is 0 Å². The van der Waals surface area contributed by atoms with Gasteiger partial charge in [0.25, 0.3) is 0 Å². The lowest BCUT2D eigenvalue weighted by Gasteiger charge is -2.33. The lowest BCUT2D eigenvalue weighted by atomic mass is 9.77. The molecule has 0 unspecified atom stereocenters. The van der Waals surface area contributed by atoms with E-state index in [1.54, 1.807) is 36.4 Å². The molecule has 2 aliphatic rings. The molecule has 1 aliphatic heterocycles. The van der Waals surface area contributed by atoms with Crippen LogP contribution in [0.4, 0.5) is 4.39 Å². The van der Waals surface area contributed by atoms with Gasteiger partial charge in [-0.05, 0) is 48.6 Å². The Bertz CT molecular complexity index is 963. The van der Waals surface area contributed by atoms with Gasteiger partial charge >= 0.3 is 0 Å². The number of hydrogen-bond acceptors (Lipinski definition) is 3. The van der Waals surface area contributed by atoms with E-state index in [2.05, 4.69) is 5.32 Å². The van der Waals surface area contributed by atoms with Crippen LogP contribution in [0.2, 0.25) is 0 Å². The SMILES string of the molecule is O=C(N[C@@H]1CCS(=O)(=O)c2ccccc21)C1(c2ccc(F)cc2)CCCC1. The quantitative estimate of drug-likeness (QED) is 0.874. The van der Waals surface area contributed by atoms with Crippen LogP contribution in [0.3, 0.4) is 0 Å². The van der Waals surface area contributed by atoms with Crippen LogP contribution in [0, 0.1) is 5.82 Å². The van der Waals surface area contributed by atoms with Gasteiger partial charge in [0.1, 0.15) is 5.82 Å². The summed E-state index contributed by atoms with van der Waals surface area (Å²) in [7, 11) is -3.29. The van der Waals surface area contributed by atoms with Crippen LogP contribution >= 0.6 is 0 Å². The average Bonchev–Trinajstić information content (AvgIpc) is 3.16. The van der Waals surface area contributed by atoms with E-state index < -0.39 is 15.3 Å². The number of sulfone groups is 1. The number of carbonyl (C=O) groups is 1. The van der Waals surface area contributed by atoms with E-state index >= 15 is 0 Å². The molecule has 1 fully saturated rings. The molecule has 0 saturated heterocycles. The van der Waals surface area contributed by atoms with Crippen LogP contribution in [0.15, 0.2) is 53.4 Å². The third-order valence-corrected chi connectivity index (χ3v) is 7.71. The average molecular weight is 387 g/mol. The molecule has 1 aliphatic carbocycles. The Balaban J connectivity index is 1.66. The number of halogens is 1. The van der Waals surface area contributed by atoms with Crippen LogP contribution < -0.4 is 5.32 Å². The Morgan fingerprint density at radius 1 is 1.04 bits per heavy atom. The number of rotatable bonds is 3. The van der Waals surface area contributed by atoms with E-state index in [-0.39, 0.29) is 23.5 Å². The summed E-state index contributed by atoms with van der Waals surface area (Å²) in [4.78, 5) is 13.6. The Kier molecular flexibility index (Phi) is 4.54. The highest BCUT2D eigenvalue weighted by molar-refractivity contribution is 7.91. The summed E-state index contributed by atoms with van der Waals surface area (Å²) in [6, 6.07) is 12.7. The highest BCUT2D eigenvalue weighted by atomic mass is 32.2. The molecule has 2 aromatic rings. The smallest absolute Gasteiger partial charge is 0.231 e. The number of amides is 1. The molecule has 27 heavy (non-hydrogen) atoms. The molecule has 4 nitrogen and oxygen atoms in total. The zero-order valence-electron chi connectivity index (χ0n) is 14.9. The standard InChI is InChI=1S/C21H22FNO3S/c22-16-9-7-15(8-10-16)21(12-3-4-13-21)20(24)23-18-11-14-27(25,26)19-6-2-1-5-17(18)19/h1-2,5-10,18H,3-4,11-14H2,(H,23,24)/t18-/m1/s1. The molecule has 4 rings (SSSR count). The van der Waals surface area contributed by atoms with Gasteiger partial charge in [0, 0.05) is 0 Å². The van der Waals surface area contributed by atoms with Crippen LogP contribution in [-0.2, 0) is 20.0 Å². The topological polar surface area (TPSA) is 63.2 Å². The fraction of sp³-hybridized carbons (Fsp3) is 0.381. The molecule has 6 heteroatoms. The third kappa shape index (κ3) is 3.16. The van der Waals surface area contributed by atoms with E-state index in [9.17, 15) is 17.6 Å². The summed E-state index contributed by atoms with van der Waals surface area (Å²) in [5.74, 6) is -0.386. The molecular weight excluding hydrogens is 365 g/mol. The van der Waals surface area contributed by atoms with Gasteiger partial charge in [-0.3, -0.25) is 4.79 Å². The Morgan fingerprint density at radius 2 is 1.70 bits per heavy atom. The fourth-order valence-electron chi connectivity index (χ4n) is 4.43. The van der Waals surface area contributed by atoms with Gasteiger partial charge in [-0.2, -0.15) is 0 Å².